The maximum Gasteiger partial charge on any atom is 0.314 e. The van der Waals surface area contributed by atoms with Crippen LogP contribution in [0.25, 0.3) is 0 Å². The summed E-state index contributed by atoms with van der Waals surface area (Å²) < 4.78 is 10.6. The molecule has 0 heterocycles. The number of carbonyl (C=O) groups is 1. The molecule has 106 valence electrons. The summed E-state index contributed by atoms with van der Waals surface area (Å²) in [5.74, 6) is 1.55. The first-order chi connectivity index (χ1) is 8.94. The summed E-state index contributed by atoms with van der Waals surface area (Å²) in [5, 5.41) is 5.35. The average molecular weight is 266 g/mol. The predicted octanol–water partition coefficient (Wildman–Crippen LogP) is 1.91. The minimum atomic E-state index is -0.271. The number of ether oxygens (including phenoxy) is 2. The Morgan fingerprint density at radius 3 is 2.47 bits per heavy atom. The Bertz CT molecular complexity index is 444. The van der Waals surface area contributed by atoms with Gasteiger partial charge in [-0.1, -0.05) is 13.8 Å². The fourth-order valence-corrected chi connectivity index (χ4v) is 1.83. The number of nitrogens with one attached hydrogen (secondary N) is 2. The van der Waals surface area contributed by atoms with Gasteiger partial charge in [0, 0.05) is 24.6 Å². The van der Waals surface area contributed by atoms with E-state index in [9.17, 15) is 4.79 Å². The number of rotatable bonds is 5. The van der Waals surface area contributed by atoms with Crippen LogP contribution in [-0.4, -0.2) is 33.8 Å². The molecule has 0 fully saturated rings. The van der Waals surface area contributed by atoms with Crippen molar-refractivity contribution in [3.05, 3.63) is 23.8 Å². The third kappa shape index (κ3) is 3.77. The van der Waals surface area contributed by atoms with E-state index in [-0.39, 0.29) is 11.4 Å². The number of methoxy groups -OCH3 is 2. The number of benzene rings is 1. The second kappa shape index (κ2) is 6.31. The number of carbonyl (C=O) groups excluding carboxylic acids is 1. The molecular weight excluding hydrogens is 244 g/mol. The van der Waals surface area contributed by atoms with Gasteiger partial charge in [-0.25, -0.2) is 4.79 Å². The van der Waals surface area contributed by atoms with Gasteiger partial charge in [0.05, 0.1) is 14.2 Å². The molecule has 0 atom stereocenters. The molecule has 0 unspecified atom stereocenters. The molecule has 0 aliphatic carbocycles. The molecule has 5 heteroatoms. The molecule has 1 aromatic rings. The fraction of sp³-hybridized carbons (Fsp3) is 0.500. The predicted molar refractivity (Wildman–Crippen MR) is 75.0 cm³/mol. The summed E-state index contributed by atoms with van der Waals surface area (Å²) in [6.07, 6.45) is 0. The second-order valence-electron chi connectivity index (χ2n) is 4.88. The zero-order chi connectivity index (χ0) is 14.5. The zero-order valence-corrected chi connectivity index (χ0v) is 12.2. The third-order valence-electron chi connectivity index (χ3n) is 3.05. The zero-order valence-electron chi connectivity index (χ0n) is 12.2. The van der Waals surface area contributed by atoms with Gasteiger partial charge in [0.25, 0.3) is 0 Å². The Balaban J connectivity index is 3.00. The Hall–Kier alpha value is -1.91. The van der Waals surface area contributed by atoms with Crippen LogP contribution in [0.2, 0.25) is 0 Å². The van der Waals surface area contributed by atoms with Crippen molar-refractivity contribution >= 4 is 6.03 Å². The molecule has 0 saturated carbocycles. The molecule has 5 nitrogen and oxygen atoms in total. The minimum absolute atomic E-state index is 0.199. The van der Waals surface area contributed by atoms with Gasteiger partial charge >= 0.3 is 6.03 Å². The third-order valence-corrected chi connectivity index (χ3v) is 3.05. The van der Waals surface area contributed by atoms with Crippen molar-refractivity contribution < 1.29 is 14.3 Å². The smallest absolute Gasteiger partial charge is 0.314 e. The van der Waals surface area contributed by atoms with Gasteiger partial charge in [-0.3, -0.25) is 0 Å². The molecule has 0 saturated heterocycles. The summed E-state index contributed by atoms with van der Waals surface area (Å²) in [6, 6.07) is 5.46. The van der Waals surface area contributed by atoms with Crippen LogP contribution in [-0.2, 0) is 5.41 Å². The van der Waals surface area contributed by atoms with Crippen LogP contribution in [0, 0.1) is 0 Å². The van der Waals surface area contributed by atoms with E-state index in [0.29, 0.717) is 6.54 Å². The molecule has 0 aliphatic heterocycles. The summed E-state index contributed by atoms with van der Waals surface area (Å²) in [5.41, 5.74) is 0.720. The van der Waals surface area contributed by atoms with Crippen molar-refractivity contribution in [1.29, 1.82) is 0 Å². The van der Waals surface area contributed by atoms with E-state index in [1.165, 1.54) is 0 Å². The molecule has 2 N–H and O–H groups in total. The first-order valence-corrected chi connectivity index (χ1v) is 6.12. The summed E-state index contributed by atoms with van der Waals surface area (Å²) in [6.45, 7) is 4.58. The molecule has 0 bridgehead atoms. The van der Waals surface area contributed by atoms with Crippen LogP contribution in [0.15, 0.2) is 18.2 Å². The van der Waals surface area contributed by atoms with Crippen LogP contribution in [0.5, 0.6) is 11.5 Å². The normalized spacial score (nSPS) is 10.8. The van der Waals surface area contributed by atoms with E-state index in [1.54, 1.807) is 21.3 Å². The van der Waals surface area contributed by atoms with Crippen LogP contribution in [0.3, 0.4) is 0 Å². The van der Waals surface area contributed by atoms with Crippen molar-refractivity contribution in [2.24, 2.45) is 0 Å². The van der Waals surface area contributed by atoms with E-state index in [4.69, 9.17) is 9.47 Å². The van der Waals surface area contributed by atoms with Gasteiger partial charge in [0.15, 0.2) is 0 Å². The van der Waals surface area contributed by atoms with Crippen molar-refractivity contribution in [2.45, 2.75) is 19.3 Å². The van der Waals surface area contributed by atoms with E-state index >= 15 is 0 Å². The van der Waals surface area contributed by atoms with E-state index in [2.05, 4.69) is 10.6 Å². The highest BCUT2D eigenvalue weighted by Gasteiger charge is 2.25. The van der Waals surface area contributed by atoms with Crippen molar-refractivity contribution in [3.63, 3.8) is 0 Å². The first kappa shape index (κ1) is 15.1. The molecule has 0 aromatic heterocycles. The van der Waals surface area contributed by atoms with Crippen LogP contribution >= 0.6 is 0 Å². The standard InChI is InChI=1S/C14H22N2O3/c1-14(2,9-16-13(17)15-3)11-8-10(18-4)6-7-12(11)19-5/h6-8H,9H2,1-5H3,(H2,15,16,17). The minimum Gasteiger partial charge on any atom is -0.497 e. The largest absolute Gasteiger partial charge is 0.497 e. The van der Waals surface area contributed by atoms with Gasteiger partial charge in [-0.2, -0.15) is 0 Å². The van der Waals surface area contributed by atoms with Crippen molar-refractivity contribution in [2.75, 3.05) is 27.8 Å². The van der Waals surface area contributed by atoms with E-state index in [0.717, 1.165) is 17.1 Å². The van der Waals surface area contributed by atoms with E-state index < -0.39 is 0 Å². The van der Waals surface area contributed by atoms with E-state index in [1.807, 2.05) is 32.0 Å². The van der Waals surface area contributed by atoms with Crippen LogP contribution in [0.1, 0.15) is 19.4 Å². The highest BCUT2D eigenvalue weighted by molar-refractivity contribution is 5.73. The highest BCUT2D eigenvalue weighted by Crippen LogP contribution is 2.34. The van der Waals surface area contributed by atoms with Gasteiger partial charge in [0.2, 0.25) is 0 Å². The fourth-order valence-electron chi connectivity index (χ4n) is 1.83. The maximum absolute atomic E-state index is 11.3. The first-order valence-electron chi connectivity index (χ1n) is 6.12. The van der Waals surface area contributed by atoms with Crippen molar-refractivity contribution in [1.82, 2.24) is 10.6 Å². The topological polar surface area (TPSA) is 59.6 Å². The SMILES string of the molecule is CNC(=O)NCC(C)(C)c1cc(OC)ccc1OC. The lowest BCUT2D eigenvalue weighted by atomic mass is 9.83. The van der Waals surface area contributed by atoms with Gasteiger partial charge in [-0.15, -0.1) is 0 Å². The monoisotopic (exact) mass is 266 g/mol. The lowest BCUT2D eigenvalue weighted by Crippen LogP contribution is -2.41. The second-order valence-corrected chi connectivity index (χ2v) is 4.88. The number of hydrogen-bond donors (Lipinski definition) is 2. The number of urea groups is 1. The molecule has 0 spiro atoms. The molecule has 19 heavy (non-hydrogen) atoms. The molecule has 0 radical (unpaired) electrons. The van der Waals surface area contributed by atoms with Gasteiger partial charge in [0.1, 0.15) is 11.5 Å². The molecular formula is C14H22N2O3. The molecule has 0 aliphatic rings. The summed E-state index contributed by atoms with van der Waals surface area (Å²) in [4.78, 5) is 11.3. The van der Waals surface area contributed by atoms with Gasteiger partial charge in [-0.05, 0) is 18.2 Å². The highest BCUT2D eigenvalue weighted by atomic mass is 16.5. The Labute approximate surface area is 114 Å². The lowest BCUT2D eigenvalue weighted by Gasteiger charge is -2.27. The van der Waals surface area contributed by atoms with Crippen LogP contribution < -0.4 is 20.1 Å². The van der Waals surface area contributed by atoms with Crippen molar-refractivity contribution in [3.8, 4) is 11.5 Å². The quantitative estimate of drug-likeness (QED) is 0.856. The average Bonchev–Trinajstić information content (AvgIpc) is 2.43. The number of amides is 2. The molecule has 1 aromatic carbocycles. The Morgan fingerprint density at radius 2 is 1.95 bits per heavy atom. The Kier molecular flexibility index (Phi) is 5.03. The van der Waals surface area contributed by atoms with Crippen LogP contribution in [0.4, 0.5) is 4.79 Å². The van der Waals surface area contributed by atoms with Gasteiger partial charge < -0.3 is 20.1 Å². The summed E-state index contributed by atoms with van der Waals surface area (Å²) >= 11 is 0. The number of hydrogen-bond acceptors (Lipinski definition) is 3. The molecule has 2 amide bonds. The summed E-state index contributed by atoms with van der Waals surface area (Å²) in [7, 11) is 4.85. The molecule has 1 rings (SSSR count). The lowest BCUT2D eigenvalue weighted by molar-refractivity contribution is 0.240. The maximum atomic E-state index is 11.3. The Morgan fingerprint density at radius 1 is 1.26 bits per heavy atom.